The van der Waals surface area contributed by atoms with Crippen LogP contribution < -0.4 is 5.32 Å². The highest BCUT2D eigenvalue weighted by molar-refractivity contribution is 5.17. The third-order valence-corrected chi connectivity index (χ3v) is 3.13. The highest BCUT2D eigenvalue weighted by atomic mass is 14.9. The third-order valence-electron chi connectivity index (χ3n) is 3.13. The standard InChI is InChI=1S/C16H20N2/c1-13(12-15-6-4-3-5-7-15)18-14(2)16-8-10-17-11-9-16/h3-11,13-14,18H,12H2,1-2H3. The van der Waals surface area contributed by atoms with Gasteiger partial charge in [-0.1, -0.05) is 30.3 Å². The van der Waals surface area contributed by atoms with E-state index in [1.54, 1.807) is 0 Å². The average Bonchev–Trinajstić information content (AvgIpc) is 2.40. The van der Waals surface area contributed by atoms with Crippen molar-refractivity contribution in [1.82, 2.24) is 10.3 Å². The van der Waals surface area contributed by atoms with Crippen molar-refractivity contribution in [2.45, 2.75) is 32.4 Å². The molecule has 0 amide bonds. The molecule has 0 aliphatic carbocycles. The maximum atomic E-state index is 4.05. The van der Waals surface area contributed by atoms with Crippen LogP contribution in [-0.2, 0) is 6.42 Å². The zero-order valence-corrected chi connectivity index (χ0v) is 11.0. The minimum absolute atomic E-state index is 0.353. The number of benzene rings is 1. The van der Waals surface area contributed by atoms with Gasteiger partial charge in [0.2, 0.25) is 0 Å². The minimum atomic E-state index is 0.353. The van der Waals surface area contributed by atoms with E-state index in [9.17, 15) is 0 Å². The lowest BCUT2D eigenvalue weighted by Gasteiger charge is -2.20. The lowest BCUT2D eigenvalue weighted by atomic mass is 10.0. The molecule has 2 rings (SSSR count). The van der Waals surface area contributed by atoms with Crippen LogP contribution in [0.2, 0.25) is 0 Å². The van der Waals surface area contributed by atoms with E-state index in [1.807, 2.05) is 12.4 Å². The van der Waals surface area contributed by atoms with Crippen LogP contribution in [0.1, 0.15) is 31.0 Å². The second-order valence-electron chi connectivity index (χ2n) is 4.76. The van der Waals surface area contributed by atoms with Crippen molar-refractivity contribution < 1.29 is 0 Å². The Kier molecular flexibility index (Phi) is 4.48. The lowest BCUT2D eigenvalue weighted by molar-refractivity contribution is 0.477. The molecule has 0 aliphatic heterocycles. The number of hydrogen-bond donors (Lipinski definition) is 1. The molecular weight excluding hydrogens is 220 g/mol. The monoisotopic (exact) mass is 240 g/mol. The van der Waals surface area contributed by atoms with E-state index in [0.717, 1.165) is 6.42 Å². The van der Waals surface area contributed by atoms with Crippen LogP contribution >= 0.6 is 0 Å². The maximum absolute atomic E-state index is 4.05. The molecule has 0 aliphatic rings. The molecule has 2 unspecified atom stereocenters. The van der Waals surface area contributed by atoms with Crippen LogP contribution in [0.3, 0.4) is 0 Å². The first-order valence-electron chi connectivity index (χ1n) is 6.45. The van der Waals surface area contributed by atoms with Gasteiger partial charge in [0, 0.05) is 24.5 Å². The first-order chi connectivity index (χ1) is 8.75. The third kappa shape index (κ3) is 3.67. The fourth-order valence-corrected chi connectivity index (χ4v) is 2.20. The summed E-state index contributed by atoms with van der Waals surface area (Å²) < 4.78 is 0. The molecule has 0 radical (unpaired) electrons. The molecule has 1 aromatic heterocycles. The zero-order chi connectivity index (χ0) is 12.8. The average molecular weight is 240 g/mol. The molecule has 1 N–H and O–H groups in total. The van der Waals surface area contributed by atoms with Crippen LogP contribution in [-0.4, -0.2) is 11.0 Å². The zero-order valence-electron chi connectivity index (χ0n) is 11.0. The van der Waals surface area contributed by atoms with E-state index in [1.165, 1.54) is 11.1 Å². The normalized spacial score (nSPS) is 14.1. The first-order valence-corrected chi connectivity index (χ1v) is 6.45. The molecule has 0 fully saturated rings. The number of hydrogen-bond acceptors (Lipinski definition) is 2. The van der Waals surface area contributed by atoms with E-state index in [0.29, 0.717) is 12.1 Å². The van der Waals surface area contributed by atoms with Gasteiger partial charge in [-0.05, 0) is 43.5 Å². The number of nitrogens with zero attached hydrogens (tertiary/aromatic N) is 1. The van der Waals surface area contributed by atoms with Gasteiger partial charge in [-0.3, -0.25) is 4.98 Å². The van der Waals surface area contributed by atoms with Crippen molar-refractivity contribution in [1.29, 1.82) is 0 Å². The molecule has 2 heteroatoms. The van der Waals surface area contributed by atoms with E-state index in [-0.39, 0.29) is 0 Å². The van der Waals surface area contributed by atoms with Gasteiger partial charge in [0.1, 0.15) is 0 Å². The number of rotatable bonds is 5. The summed E-state index contributed by atoms with van der Waals surface area (Å²) in [5.74, 6) is 0. The first kappa shape index (κ1) is 12.8. The molecule has 18 heavy (non-hydrogen) atoms. The summed E-state index contributed by atoms with van der Waals surface area (Å²) in [6.07, 6.45) is 4.74. The van der Waals surface area contributed by atoms with Gasteiger partial charge in [0.15, 0.2) is 0 Å². The maximum Gasteiger partial charge on any atom is 0.0295 e. The summed E-state index contributed by atoms with van der Waals surface area (Å²) >= 11 is 0. The Morgan fingerprint density at radius 1 is 1.00 bits per heavy atom. The van der Waals surface area contributed by atoms with E-state index in [4.69, 9.17) is 0 Å². The summed E-state index contributed by atoms with van der Waals surface area (Å²) in [5.41, 5.74) is 2.66. The summed E-state index contributed by atoms with van der Waals surface area (Å²) in [7, 11) is 0. The Labute approximate surface area is 109 Å². The van der Waals surface area contributed by atoms with Crippen molar-refractivity contribution in [3.63, 3.8) is 0 Å². The molecule has 0 spiro atoms. The van der Waals surface area contributed by atoms with Crippen molar-refractivity contribution in [2.75, 3.05) is 0 Å². The van der Waals surface area contributed by atoms with Crippen LogP contribution in [0.15, 0.2) is 54.9 Å². The van der Waals surface area contributed by atoms with Gasteiger partial charge >= 0.3 is 0 Å². The smallest absolute Gasteiger partial charge is 0.0295 e. The van der Waals surface area contributed by atoms with Gasteiger partial charge in [-0.2, -0.15) is 0 Å². The molecule has 94 valence electrons. The van der Waals surface area contributed by atoms with Gasteiger partial charge < -0.3 is 5.32 Å². The SMILES string of the molecule is CC(Cc1ccccc1)NC(C)c1ccncc1. The van der Waals surface area contributed by atoms with Crippen LogP contribution in [0.4, 0.5) is 0 Å². The topological polar surface area (TPSA) is 24.9 Å². The summed E-state index contributed by atoms with van der Waals surface area (Å²) in [6, 6.07) is 15.5. The Morgan fingerprint density at radius 3 is 2.33 bits per heavy atom. The van der Waals surface area contributed by atoms with E-state index in [2.05, 4.69) is 66.6 Å². The number of nitrogens with one attached hydrogen (secondary N) is 1. The van der Waals surface area contributed by atoms with Crippen molar-refractivity contribution in [2.24, 2.45) is 0 Å². The predicted octanol–water partition coefficient (Wildman–Crippen LogP) is 3.36. The Morgan fingerprint density at radius 2 is 1.67 bits per heavy atom. The number of pyridine rings is 1. The summed E-state index contributed by atoms with van der Waals surface area (Å²) in [4.78, 5) is 4.05. The van der Waals surface area contributed by atoms with E-state index >= 15 is 0 Å². The predicted molar refractivity (Wildman–Crippen MR) is 75.4 cm³/mol. The molecule has 1 heterocycles. The van der Waals surface area contributed by atoms with Gasteiger partial charge in [0.05, 0.1) is 0 Å². The molecule has 0 saturated carbocycles. The van der Waals surface area contributed by atoms with Crippen LogP contribution in [0.25, 0.3) is 0 Å². The molecule has 2 aromatic rings. The molecule has 0 bridgehead atoms. The Balaban J connectivity index is 1.90. The molecular formula is C16H20N2. The molecule has 0 saturated heterocycles. The quantitative estimate of drug-likeness (QED) is 0.866. The van der Waals surface area contributed by atoms with Crippen molar-refractivity contribution in [3.05, 3.63) is 66.0 Å². The summed E-state index contributed by atoms with van der Waals surface area (Å²) in [5, 5.41) is 3.62. The highest BCUT2D eigenvalue weighted by Gasteiger charge is 2.09. The molecule has 2 atom stereocenters. The largest absolute Gasteiger partial charge is 0.307 e. The van der Waals surface area contributed by atoms with Crippen LogP contribution in [0, 0.1) is 0 Å². The molecule has 1 aromatic carbocycles. The highest BCUT2D eigenvalue weighted by Crippen LogP contribution is 2.12. The van der Waals surface area contributed by atoms with Crippen LogP contribution in [0.5, 0.6) is 0 Å². The van der Waals surface area contributed by atoms with Gasteiger partial charge in [-0.15, -0.1) is 0 Å². The fourth-order valence-electron chi connectivity index (χ4n) is 2.20. The summed E-state index contributed by atoms with van der Waals surface area (Å²) in [6.45, 7) is 4.42. The Hall–Kier alpha value is -1.67. The number of aromatic nitrogens is 1. The second-order valence-corrected chi connectivity index (χ2v) is 4.76. The van der Waals surface area contributed by atoms with Gasteiger partial charge in [-0.25, -0.2) is 0 Å². The second kappa shape index (κ2) is 6.31. The van der Waals surface area contributed by atoms with E-state index < -0.39 is 0 Å². The van der Waals surface area contributed by atoms with Gasteiger partial charge in [0.25, 0.3) is 0 Å². The molecule has 2 nitrogen and oxygen atoms in total. The minimum Gasteiger partial charge on any atom is -0.307 e. The van der Waals surface area contributed by atoms with Crippen molar-refractivity contribution >= 4 is 0 Å². The van der Waals surface area contributed by atoms with Crippen molar-refractivity contribution in [3.8, 4) is 0 Å². The Bertz CT molecular complexity index is 453. The lowest BCUT2D eigenvalue weighted by Crippen LogP contribution is -2.30. The fraction of sp³-hybridized carbons (Fsp3) is 0.312.